The van der Waals surface area contributed by atoms with E-state index in [1.807, 2.05) is 0 Å². The minimum atomic E-state index is 0.133. The van der Waals surface area contributed by atoms with E-state index in [9.17, 15) is 0 Å². The number of fused-ring (bicyclic) bond motifs is 8. The Hall–Kier alpha value is -12.0. The van der Waals surface area contributed by atoms with Crippen LogP contribution in [0, 0.1) is 0 Å². The van der Waals surface area contributed by atoms with Gasteiger partial charge in [-0.25, -0.2) is 0 Å². The lowest BCUT2D eigenvalue weighted by molar-refractivity contribution is 0.748. The fourth-order valence-corrected chi connectivity index (χ4v) is 14.9. The number of benzene rings is 13. The molecular formula is C90H66N4. The monoisotopic (exact) mass is 1200 g/mol. The van der Waals surface area contributed by atoms with Gasteiger partial charge < -0.3 is 19.3 Å². The van der Waals surface area contributed by atoms with Crippen molar-refractivity contribution < 1.29 is 0 Å². The molecule has 0 N–H and O–H groups in total. The van der Waals surface area contributed by atoms with Gasteiger partial charge >= 0.3 is 0 Å². The van der Waals surface area contributed by atoms with Gasteiger partial charge in [0.15, 0.2) is 0 Å². The molecule has 0 saturated carbocycles. The lowest BCUT2D eigenvalue weighted by Crippen LogP contribution is -2.32. The maximum absolute atomic E-state index is 2.58. The molecule has 446 valence electrons. The third kappa shape index (κ3) is 10.3. The van der Waals surface area contributed by atoms with Gasteiger partial charge in [-0.1, -0.05) is 237 Å². The molecule has 0 bridgehead atoms. The largest absolute Gasteiger partial charge is 0.334 e. The van der Waals surface area contributed by atoms with Gasteiger partial charge in [-0.15, -0.1) is 0 Å². The first-order chi connectivity index (χ1) is 46.6. The first-order valence-electron chi connectivity index (χ1n) is 32.7. The fraction of sp³-hybridized carbons (Fsp3) is 0.0444. The number of hydrogen-bond acceptors (Lipinski definition) is 3. The van der Waals surface area contributed by atoms with Crippen LogP contribution >= 0.6 is 0 Å². The van der Waals surface area contributed by atoms with Crippen molar-refractivity contribution in [2.24, 2.45) is 0 Å². The molecule has 1 aliphatic heterocycles. The Labute approximate surface area is 549 Å². The minimum absolute atomic E-state index is 0.133. The Morgan fingerprint density at radius 3 is 1.33 bits per heavy atom. The SMILES string of the molecule is C1=CC(N(c2ccccc2)c2ccccc2)CC2=C1N(c1ccccc1)C1CC=C(/C=C/c3ccc4c(-c5ccccc5)c(-c5ccccc5)c5ccc(/C=C/c6ccc7c(c6)c6cc(N(c8ccccc8)c8ccccc8)ccc6n7-c6ccccc6)cc5c4c3)C=C21. The van der Waals surface area contributed by atoms with Crippen LogP contribution in [0.4, 0.5) is 34.1 Å². The summed E-state index contributed by atoms with van der Waals surface area (Å²) < 4.78 is 2.40. The van der Waals surface area contributed by atoms with E-state index in [-0.39, 0.29) is 12.1 Å². The maximum Gasteiger partial charge on any atom is 0.0630 e. The van der Waals surface area contributed by atoms with Crippen LogP contribution in [-0.2, 0) is 0 Å². The Morgan fingerprint density at radius 2 is 0.798 bits per heavy atom. The average Bonchev–Trinajstić information content (AvgIpc) is 0.812. The lowest BCUT2D eigenvalue weighted by atomic mass is 9.84. The summed E-state index contributed by atoms with van der Waals surface area (Å²) in [5, 5.41) is 7.27. The summed E-state index contributed by atoms with van der Waals surface area (Å²) in [6, 6.07) is 115. The van der Waals surface area contributed by atoms with Crippen molar-refractivity contribution in [2.45, 2.75) is 24.9 Å². The number of aromatic nitrogens is 1. The molecule has 2 unspecified atom stereocenters. The second-order valence-corrected chi connectivity index (χ2v) is 24.7. The average molecular weight is 1200 g/mol. The summed E-state index contributed by atoms with van der Waals surface area (Å²) in [6.45, 7) is 0. The van der Waals surface area contributed by atoms with Crippen molar-refractivity contribution in [3.05, 3.63) is 385 Å². The van der Waals surface area contributed by atoms with Gasteiger partial charge in [-0.3, -0.25) is 0 Å². The summed E-state index contributed by atoms with van der Waals surface area (Å²) in [7, 11) is 0. The van der Waals surface area contributed by atoms with Crippen LogP contribution < -0.4 is 14.7 Å². The van der Waals surface area contributed by atoms with Crippen molar-refractivity contribution in [2.75, 3.05) is 14.7 Å². The van der Waals surface area contributed by atoms with E-state index in [2.05, 4.69) is 383 Å². The van der Waals surface area contributed by atoms with Crippen molar-refractivity contribution in [1.29, 1.82) is 0 Å². The zero-order valence-electron chi connectivity index (χ0n) is 52.0. The molecule has 17 rings (SSSR count). The quantitative estimate of drug-likeness (QED) is 0.0797. The molecule has 0 spiro atoms. The van der Waals surface area contributed by atoms with Crippen LogP contribution in [0.1, 0.15) is 29.5 Å². The third-order valence-corrected chi connectivity index (χ3v) is 19.1. The Bertz CT molecular complexity index is 5260. The lowest BCUT2D eigenvalue weighted by Gasteiger charge is -2.34. The summed E-state index contributed by atoms with van der Waals surface area (Å²) in [5.41, 5.74) is 24.0. The maximum atomic E-state index is 2.58. The highest BCUT2D eigenvalue weighted by Crippen LogP contribution is 2.49. The molecule has 2 heterocycles. The second kappa shape index (κ2) is 24.3. The summed E-state index contributed by atoms with van der Waals surface area (Å²) >= 11 is 0. The van der Waals surface area contributed by atoms with Crippen LogP contribution in [0.2, 0.25) is 0 Å². The Kier molecular flexibility index (Phi) is 14.5. The molecule has 2 aliphatic carbocycles. The first kappa shape index (κ1) is 56.0. The summed E-state index contributed by atoms with van der Waals surface area (Å²) in [5.74, 6) is 0. The van der Waals surface area contributed by atoms with Gasteiger partial charge in [0.05, 0.1) is 23.1 Å². The van der Waals surface area contributed by atoms with Gasteiger partial charge in [0.2, 0.25) is 0 Å². The third-order valence-electron chi connectivity index (χ3n) is 19.1. The van der Waals surface area contributed by atoms with Gasteiger partial charge in [0.1, 0.15) is 0 Å². The molecule has 94 heavy (non-hydrogen) atoms. The fourth-order valence-electron chi connectivity index (χ4n) is 14.9. The van der Waals surface area contributed by atoms with Crippen molar-refractivity contribution in [3.63, 3.8) is 0 Å². The van der Waals surface area contributed by atoms with Crippen LogP contribution in [0.5, 0.6) is 0 Å². The second-order valence-electron chi connectivity index (χ2n) is 24.7. The highest BCUT2D eigenvalue weighted by molar-refractivity contribution is 6.22. The molecule has 2 atom stereocenters. The number of hydrogen-bond donors (Lipinski definition) is 0. The predicted octanol–water partition coefficient (Wildman–Crippen LogP) is 23.6. The van der Waals surface area contributed by atoms with E-state index in [4.69, 9.17) is 0 Å². The van der Waals surface area contributed by atoms with E-state index in [1.54, 1.807) is 0 Å². The van der Waals surface area contributed by atoms with Gasteiger partial charge in [0, 0.05) is 56.3 Å². The van der Waals surface area contributed by atoms with E-state index in [1.165, 1.54) is 94.0 Å². The smallest absolute Gasteiger partial charge is 0.0630 e. The predicted molar refractivity (Wildman–Crippen MR) is 399 cm³/mol. The highest BCUT2D eigenvalue weighted by atomic mass is 15.2. The number of nitrogens with zero attached hydrogens (tertiary/aromatic N) is 4. The van der Waals surface area contributed by atoms with Gasteiger partial charge in [-0.05, 0) is 217 Å². The molecule has 0 saturated heterocycles. The summed E-state index contributed by atoms with van der Waals surface area (Å²) in [6.07, 6.45) is 20.8. The molecule has 14 aromatic rings. The highest BCUT2D eigenvalue weighted by Gasteiger charge is 2.40. The number of anilines is 6. The van der Waals surface area contributed by atoms with E-state index >= 15 is 0 Å². The van der Waals surface area contributed by atoms with E-state index < -0.39 is 0 Å². The molecular weight excluding hydrogens is 1140 g/mol. The molecule has 4 nitrogen and oxygen atoms in total. The molecule has 1 aromatic heterocycles. The molecule has 0 radical (unpaired) electrons. The van der Waals surface area contributed by atoms with E-state index in [0.717, 1.165) is 63.3 Å². The van der Waals surface area contributed by atoms with Crippen molar-refractivity contribution >= 4 is 95.7 Å². The van der Waals surface area contributed by atoms with Crippen LogP contribution in [0.15, 0.2) is 368 Å². The Balaban J connectivity index is 0.760. The van der Waals surface area contributed by atoms with Gasteiger partial charge in [-0.2, -0.15) is 0 Å². The van der Waals surface area contributed by atoms with Crippen molar-refractivity contribution in [3.8, 4) is 27.9 Å². The molecule has 4 heteroatoms. The standard InChI is InChI=1S/C90H66N4/c1-9-25-67(26-10-1)89-77-51-45-63(41-43-65-47-53-85-81(59-65)83-61-75(49-55-87(83)93(85)73-37-21-7-22-38-73)91(69-29-13-3-14-30-69)70-31-15-4-16-32-70)57-79(77)80-58-64(46-52-78(80)90(89)68-27-11-2-12-28-68)42-44-66-48-54-86-82(60-66)84-62-76(50-56-88(84)94(86)74-39-23-8-24-40-74)92(71-33-17-5-18-34-71)72-35-19-6-20-36-72/h1-53,55-61,76,86H,54,62H2/b43-41+,44-42+. The normalized spacial score (nSPS) is 15.3. The Morgan fingerprint density at radius 1 is 0.362 bits per heavy atom. The van der Waals surface area contributed by atoms with Crippen LogP contribution in [0.25, 0.3) is 89.5 Å². The van der Waals surface area contributed by atoms with Crippen LogP contribution in [0.3, 0.4) is 0 Å². The first-order valence-corrected chi connectivity index (χ1v) is 32.7. The van der Waals surface area contributed by atoms with Crippen molar-refractivity contribution in [1.82, 2.24) is 4.57 Å². The number of para-hydroxylation sites is 6. The molecule has 0 fully saturated rings. The van der Waals surface area contributed by atoms with Gasteiger partial charge in [0.25, 0.3) is 0 Å². The minimum Gasteiger partial charge on any atom is -0.334 e. The zero-order valence-corrected chi connectivity index (χ0v) is 52.0. The number of rotatable bonds is 14. The topological polar surface area (TPSA) is 14.7 Å². The molecule has 0 amide bonds. The zero-order chi connectivity index (χ0) is 62.3. The van der Waals surface area contributed by atoms with Crippen LogP contribution in [-0.4, -0.2) is 16.7 Å². The molecule has 13 aromatic carbocycles. The van der Waals surface area contributed by atoms with E-state index in [0.29, 0.717) is 0 Å². The summed E-state index contributed by atoms with van der Waals surface area (Å²) in [4.78, 5) is 7.43. The number of allylic oxidation sites excluding steroid dienone is 4. The molecule has 3 aliphatic rings.